The van der Waals surface area contributed by atoms with E-state index in [1.807, 2.05) is 25.1 Å². The number of ether oxygens (including phenoxy) is 1. The number of methoxy groups -OCH3 is 1. The summed E-state index contributed by atoms with van der Waals surface area (Å²) in [5.41, 5.74) is 10.8. The summed E-state index contributed by atoms with van der Waals surface area (Å²) in [6, 6.07) is 8.09. The lowest BCUT2D eigenvalue weighted by Gasteiger charge is -2.12. The van der Waals surface area contributed by atoms with Gasteiger partial charge in [-0.2, -0.15) is 5.10 Å². The highest BCUT2D eigenvalue weighted by molar-refractivity contribution is 5.35. The second-order valence-electron chi connectivity index (χ2n) is 5.27. The van der Waals surface area contributed by atoms with E-state index >= 15 is 0 Å². The Labute approximate surface area is 126 Å². The van der Waals surface area contributed by atoms with Crippen molar-refractivity contribution in [1.29, 1.82) is 0 Å². The van der Waals surface area contributed by atoms with Crippen LogP contribution >= 0.6 is 0 Å². The average molecular weight is 287 g/mol. The molecule has 114 valence electrons. The van der Waals surface area contributed by atoms with Crippen LogP contribution in [-0.4, -0.2) is 16.9 Å². The van der Waals surface area contributed by atoms with Gasteiger partial charge in [0, 0.05) is 22.9 Å². The lowest BCUT2D eigenvalue weighted by molar-refractivity contribution is 0.407. The van der Waals surface area contributed by atoms with Crippen LogP contribution in [0.15, 0.2) is 24.3 Å². The van der Waals surface area contributed by atoms with Gasteiger partial charge < -0.3 is 10.5 Å². The fourth-order valence-electron chi connectivity index (χ4n) is 2.85. The van der Waals surface area contributed by atoms with Gasteiger partial charge in [0.05, 0.1) is 19.3 Å². The van der Waals surface area contributed by atoms with Crippen LogP contribution in [0.1, 0.15) is 49.3 Å². The average Bonchev–Trinajstić information content (AvgIpc) is 2.85. The summed E-state index contributed by atoms with van der Waals surface area (Å²) < 4.78 is 7.51. The molecule has 4 heteroatoms. The van der Waals surface area contributed by atoms with Crippen LogP contribution in [-0.2, 0) is 19.4 Å². The maximum absolute atomic E-state index is 6.15. The quantitative estimate of drug-likeness (QED) is 0.888. The van der Waals surface area contributed by atoms with Gasteiger partial charge in [0.25, 0.3) is 0 Å². The molecule has 0 aliphatic rings. The van der Waals surface area contributed by atoms with Crippen LogP contribution in [0.3, 0.4) is 0 Å². The summed E-state index contributed by atoms with van der Waals surface area (Å²) in [6.45, 7) is 7.03. The van der Waals surface area contributed by atoms with Crippen LogP contribution in [0.25, 0.3) is 0 Å². The van der Waals surface area contributed by atoms with E-state index in [1.165, 1.54) is 11.3 Å². The van der Waals surface area contributed by atoms with E-state index in [4.69, 9.17) is 15.6 Å². The molecule has 0 spiro atoms. The molecule has 0 radical (unpaired) electrons. The minimum absolute atomic E-state index is 0.0151. The number of rotatable bonds is 6. The number of aromatic nitrogens is 2. The second kappa shape index (κ2) is 6.76. The van der Waals surface area contributed by atoms with Crippen LogP contribution < -0.4 is 10.5 Å². The van der Waals surface area contributed by atoms with Crippen molar-refractivity contribution in [1.82, 2.24) is 9.78 Å². The molecule has 0 bridgehead atoms. The van der Waals surface area contributed by atoms with E-state index in [9.17, 15) is 0 Å². The lowest BCUT2D eigenvalue weighted by Crippen LogP contribution is -2.11. The number of nitrogens with two attached hydrogens (primary N) is 1. The molecule has 2 aromatic rings. The first kappa shape index (κ1) is 15.6. The summed E-state index contributed by atoms with van der Waals surface area (Å²) in [7, 11) is 1.70. The lowest BCUT2D eigenvalue weighted by atomic mass is 10.0. The number of nitrogens with zero attached hydrogens (tertiary/aromatic N) is 2. The van der Waals surface area contributed by atoms with E-state index in [2.05, 4.69) is 24.6 Å². The number of para-hydroxylation sites is 1. The molecular weight excluding hydrogens is 262 g/mol. The minimum Gasteiger partial charge on any atom is -0.496 e. The van der Waals surface area contributed by atoms with Crippen LogP contribution in [0.2, 0.25) is 0 Å². The molecule has 1 heterocycles. The predicted octanol–water partition coefficient (Wildman–Crippen LogP) is 3.08. The van der Waals surface area contributed by atoms with Crippen molar-refractivity contribution in [3.05, 3.63) is 46.8 Å². The van der Waals surface area contributed by atoms with Crippen LogP contribution in [0.5, 0.6) is 5.75 Å². The van der Waals surface area contributed by atoms with Gasteiger partial charge in [0.2, 0.25) is 0 Å². The van der Waals surface area contributed by atoms with E-state index in [0.717, 1.165) is 29.8 Å². The summed E-state index contributed by atoms with van der Waals surface area (Å²) in [6.07, 6.45) is 1.84. The third-order valence-corrected chi connectivity index (χ3v) is 3.81. The smallest absolute Gasteiger partial charge is 0.123 e. The first-order chi connectivity index (χ1) is 10.1. The molecule has 2 N–H and O–H groups in total. The van der Waals surface area contributed by atoms with Gasteiger partial charge >= 0.3 is 0 Å². The molecule has 21 heavy (non-hydrogen) atoms. The van der Waals surface area contributed by atoms with E-state index < -0.39 is 0 Å². The van der Waals surface area contributed by atoms with E-state index in [-0.39, 0.29) is 6.04 Å². The summed E-state index contributed by atoms with van der Waals surface area (Å²) in [5, 5.41) is 4.77. The summed E-state index contributed by atoms with van der Waals surface area (Å²) in [5.74, 6) is 0.899. The number of aryl methyl sites for hydroxylation is 1. The van der Waals surface area contributed by atoms with Gasteiger partial charge in [-0.05, 0) is 25.8 Å². The van der Waals surface area contributed by atoms with Crippen molar-refractivity contribution < 1.29 is 4.74 Å². The first-order valence-electron chi connectivity index (χ1n) is 7.58. The highest BCUT2D eigenvalue weighted by Gasteiger charge is 2.19. The molecular formula is C17H25N3O. The molecule has 0 saturated carbocycles. The van der Waals surface area contributed by atoms with Crippen molar-refractivity contribution in [2.24, 2.45) is 5.73 Å². The van der Waals surface area contributed by atoms with Gasteiger partial charge in [-0.1, -0.05) is 32.0 Å². The van der Waals surface area contributed by atoms with E-state index in [1.54, 1.807) is 7.11 Å². The highest BCUT2D eigenvalue weighted by Crippen LogP contribution is 2.25. The Kier molecular flexibility index (Phi) is 5.02. The topological polar surface area (TPSA) is 53.1 Å². The maximum Gasteiger partial charge on any atom is 0.123 e. The molecule has 2 rings (SSSR count). The third kappa shape index (κ3) is 3.10. The fraction of sp³-hybridized carbons (Fsp3) is 0.471. The van der Waals surface area contributed by atoms with Crippen molar-refractivity contribution >= 4 is 0 Å². The first-order valence-corrected chi connectivity index (χ1v) is 7.58. The molecule has 1 atom stereocenters. The molecule has 1 aromatic carbocycles. The third-order valence-electron chi connectivity index (χ3n) is 3.81. The molecule has 1 aromatic heterocycles. The molecule has 0 fully saturated rings. The number of hydrogen-bond acceptors (Lipinski definition) is 3. The van der Waals surface area contributed by atoms with Gasteiger partial charge in [-0.25, -0.2) is 0 Å². The maximum atomic E-state index is 6.15. The zero-order valence-electron chi connectivity index (χ0n) is 13.4. The molecule has 0 saturated heterocycles. The SMILES string of the molecule is CCc1nn(Cc2ccccc2OC)c(CC)c1C(C)N. The zero-order valence-corrected chi connectivity index (χ0v) is 13.4. The Hall–Kier alpha value is -1.81. The number of benzene rings is 1. The van der Waals surface area contributed by atoms with Crippen molar-refractivity contribution in [2.75, 3.05) is 7.11 Å². The Morgan fingerprint density at radius 1 is 1.24 bits per heavy atom. The standard InChI is InChI=1S/C17H25N3O/c1-5-14-17(12(3)18)15(6-2)20(19-14)11-13-9-7-8-10-16(13)21-4/h7-10,12H,5-6,11,18H2,1-4H3. The Morgan fingerprint density at radius 2 is 1.95 bits per heavy atom. The minimum atomic E-state index is 0.0151. The second-order valence-corrected chi connectivity index (χ2v) is 5.27. The molecule has 1 unspecified atom stereocenters. The van der Waals surface area contributed by atoms with Crippen molar-refractivity contribution in [2.45, 2.75) is 46.2 Å². The van der Waals surface area contributed by atoms with E-state index in [0.29, 0.717) is 6.54 Å². The molecule has 4 nitrogen and oxygen atoms in total. The van der Waals surface area contributed by atoms with Gasteiger partial charge in [0.15, 0.2) is 0 Å². The van der Waals surface area contributed by atoms with Crippen LogP contribution in [0, 0.1) is 0 Å². The fourth-order valence-corrected chi connectivity index (χ4v) is 2.85. The van der Waals surface area contributed by atoms with Gasteiger partial charge in [-0.3, -0.25) is 4.68 Å². The Balaban J connectivity index is 2.44. The molecule has 0 aliphatic heterocycles. The highest BCUT2D eigenvalue weighted by atomic mass is 16.5. The molecule has 0 amide bonds. The van der Waals surface area contributed by atoms with Crippen molar-refractivity contribution in [3.63, 3.8) is 0 Å². The summed E-state index contributed by atoms with van der Waals surface area (Å²) >= 11 is 0. The van der Waals surface area contributed by atoms with Gasteiger partial charge in [-0.15, -0.1) is 0 Å². The summed E-state index contributed by atoms with van der Waals surface area (Å²) in [4.78, 5) is 0. The Bertz CT molecular complexity index is 602. The van der Waals surface area contributed by atoms with Crippen LogP contribution in [0.4, 0.5) is 0 Å². The Morgan fingerprint density at radius 3 is 2.52 bits per heavy atom. The zero-order chi connectivity index (χ0) is 15.4. The largest absolute Gasteiger partial charge is 0.496 e. The number of hydrogen-bond donors (Lipinski definition) is 1. The van der Waals surface area contributed by atoms with Gasteiger partial charge in [0.1, 0.15) is 5.75 Å². The monoisotopic (exact) mass is 287 g/mol. The normalized spacial score (nSPS) is 12.4. The molecule has 0 aliphatic carbocycles. The van der Waals surface area contributed by atoms with Crippen molar-refractivity contribution in [3.8, 4) is 5.75 Å². The predicted molar refractivity (Wildman–Crippen MR) is 85.7 cm³/mol.